The molecule has 0 fully saturated rings. The van der Waals surface area contributed by atoms with Gasteiger partial charge >= 0.3 is 0 Å². The second kappa shape index (κ2) is 9.73. The molecule has 1 amide bonds. The van der Waals surface area contributed by atoms with Gasteiger partial charge in [0.25, 0.3) is 5.91 Å². The molecule has 3 N–H and O–H groups in total. The third-order valence-corrected chi connectivity index (χ3v) is 5.45. The molecule has 0 radical (unpaired) electrons. The smallest absolute Gasteiger partial charge is 0.283 e. The summed E-state index contributed by atoms with van der Waals surface area (Å²) in [4.78, 5) is 16.9. The van der Waals surface area contributed by atoms with Gasteiger partial charge in [-0.15, -0.1) is 0 Å². The molecule has 0 unspecified atom stereocenters. The summed E-state index contributed by atoms with van der Waals surface area (Å²) in [5, 5.41) is 5.49. The van der Waals surface area contributed by atoms with E-state index in [1.54, 1.807) is 12.1 Å². The fourth-order valence-corrected chi connectivity index (χ4v) is 3.79. The Labute approximate surface area is 182 Å². The highest BCUT2D eigenvalue weighted by molar-refractivity contribution is 7.17. The van der Waals surface area contributed by atoms with E-state index in [0.29, 0.717) is 43.5 Å². The molecule has 0 bridgehead atoms. The normalized spacial score (nSPS) is 11.0. The summed E-state index contributed by atoms with van der Waals surface area (Å²) in [6.45, 7) is 2.18. The van der Waals surface area contributed by atoms with Crippen molar-refractivity contribution in [3.05, 3.63) is 74.2 Å². The number of nitrogens with one attached hydrogen (secondary N) is 1. The van der Waals surface area contributed by atoms with Gasteiger partial charge < -0.3 is 10.5 Å². The number of aryl methyl sites for hydroxylation is 1. The zero-order chi connectivity index (χ0) is 20.8. The van der Waals surface area contributed by atoms with Gasteiger partial charge in [0.05, 0.1) is 11.9 Å². The molecule has 0 atom stereocenters. The predicted octanol–water partition coefficient (Wildman–Crippen LogP) is 4.94. The number of benzene rings is 2. The molecule has 0 aliphatic rings. The molecule has 1 aromatic heterocycles. The quantitative estimate of drug-likeness (QED) is 0.395. The zero-order valence-electron chi connectivity index (χ0n) is 15.5. The van der Waals surface area contributed by atoms with Crippen LogP contribution in [0.2, 0.25) is 10.0 Å². The number of amides is 1. The van der Waals surface area contributed by atoms with Crippen molar-refractivity contribution >= 4 is 51.8 Å². The molecule has 1 heterocycles. The highest BCUT2D eigenvalue weighted by Crippen LogP contribution is 2.24. The molecule has 150 valence electrons. The summed E-state index contributed by atoms with van der Waals surface area (Å²) < 4.78 is 5.87. The van der Waals surface area contributed by atoms with Crippen LogP contribution in [0.3, 0.4) is 0 Å². The van der Waals surface area contributed by atoms with Crippen molar-refractivity contribution in [2.45, 2.75) is 20.0 Å². The van der Waals surface area contributed by atoms with Gasteiger partial charge in [0.15, 0.2) is 5.13 Å². The fourth-order valence-electron chi connectivity index (χ4n) is 2.51. The van der Waals surface area contributed by atoms with E-state index in [-0.39, 0.29) is 12.5 Å². The number of anilines is 1. The first kappa shape index (κ1) is 21.1. The van der Waals surface area contributed by atoms with Crippen LogP contribution in [0.15, 0.2) is 47.6 Å². The molecule has 29 heavy (non-hydrogen) atoms. The lowest BCUT2D eigenvalue weighted by molar-refractivity contribution is 0.0958. The van der Waals surface area contributed by atoms with Crippen LogP contribution in [0.5, 0.6) is 5.75 Å². The number of nitrogens with zero attached hydrogens (tertiary/aromatic N) is 2. The highest BCUT2D eigenvalue weighted by Gasteiger charge is 2.15. The molecule has 2 aromatic carbocycles. The van der Waals surface area contributed by atoms with E-state index in [1.807, 2.05) is 37.3 Å². The van der Waals surface area contributed by atoms with Crippen molar-refractivity contribution in [2.24, 2.45) is 5.10 Å². The first-order valence-electron chi connectivity index (χ1n) is 8.72. The number of thiazole rings is 1. The van der Waals surface area contributed by atoms with Crippen LogP contribution < -0.4 is 15.9 Å². The van der Waals surface area contributed by atoms with E-state index in [9.17, 15) is 4.79 Å². The third kappa shape index (κ3) is 5.47. The Balaban J connectivity index is 1.67. The van der Waals surface area contributed by atoms with Crippen molar-refractivity contribution in [3.8, 4) is 5.75 Å². The number of carbonyl (C=O) groups is 1. The van der Waals surface area contributed by atoms with Gasteiger partial charge in [0, 0.05) is 21.2 Å². The van der Waals surface area contributed by atoms with Crippen molar-refractivity contribution in [3.63, 3.8) is 0 Å². The number of para-hydroxylation sites is 1. The van der Waals surface area contributed by atoms with Crippen LogP contribution in [0, 0.1) is 0 Å². The monoisotopic (exact) mass is 448 g/mol. The number of hydrogen-bond donors (Lipinski definition) is 2. The molecule has 3 aromatic rings. The Morgan fingerprint density at radius 2 is 2.10 bits per heavy atom. The van der Waals surface area contributed by atoms with Gasteiger partial charge in [-0.2, -0.15) is 5.10 Å². The molecular weight excluding hydrogens is 431 g/mol. The Bertz CT molecular complexity index is 1050. The summed E-state index contributed by atoms with van der Waals surface area (Å²) in [6.07, 6.45) is 2.14. The lowest BCUT2D eigenvalue weighted by atomic mass is 10.2. The van der Waals surface area contributed by atoms with Gasteiger partial charge in [-0.05, 0) is 30.7 Å². The molecule has 0 aliphatic carbocycles. The van der Waals surface area contributed by atoms with E-state index < -0.39 is 0 Å². The lowest BCUT2D eigenvalue weighted by Crippen LogP contribution is -2.17. The maximum absolute atomic E-state index is 12.3. The van der Waals surface area contributed by atoms with Crippen LogP contribution in [-0.4, -0.2) is 17.1 Å². The Morgan fingerprint density at radius 3 is 2.86 bits per heavy atom. The molecule has 9 heteroatoms. The average Bonchev–Trinajstić information content (AvgIpc) is 3.09. The summed E-state index contributed by atoms with van der Waals surface area (Å²) in [5.41, 5.74) is 10.4. The SMILES string of the molecule is CCc1nc(N)sc1C(=O)N/N=C/c1ccccc1OCc1ccc(Cl)cc1Cl. The average molecular weight is 449 g/mol. The van der Waals surface area contributed by atoms with Gasteiger partial charge in [0.1, 0.15) is 17.2 Å². The standard InChI is InChI=1S/C20H18Cl2N4O2S/c1-2-16-18(29-20(23)25-16)19(27)26-24-10-12-5-3-4-6-17(12)28-11-13-7-8-14(21)9-15(13)22/h3-10H,2,11H2,1H3,(H2,23,25)(H,26,27)/b24-10+. The summed E-state index contributed by atoms with van der Waals surface area (Å²) in [7, 11) is 0. The van der Waals surface area contributed by atoms with Gasteiger partial charge in [-0.25, -0.2) is 10.4 Å². The minimum atomic E-state index is -0.348. The van der Waals surface area contributed by atoms with Gasteiger partial charge in [-0.3, -0.25) is 4.79 Å². The molecule has 0 saturated carbocycles. The first-order valence-corrected chi connectivity index (χ1v) is 10.3. The van der Waals surface area contributed by atoms with Crippen molar-refractivity contribution in [1.29, 1.82) is 0 Å². The molecule has 0 spiro atoms. The van der Waals surface area contributed by atoms with Crippen LogP contribution in [0.1, 0.15) is 33.4 Å². The topological polar surface area (TPSA) is 89.6 Å². The maximum Gasteiger partial charge on any atom is 0.283 e. The summed E-state index contributed by atoms with van der Waals surface area (Å²) in [5.74, 6) is 0.256. The van der Waals surface area contributed by atoms with Crippen LogP contribution in [-0.2, 0) is 13.0 Å². The summed E-state index contributed by atoms with van der Waals surface area (Å²) in [6, 6.07) is 12.6. The van der Waals surface area contributed by atoms with E-state index in [0.717, 1.165) is 16.9 Å². The number of hydrazone groups is 1. The van der Waals surface area contributed by atoms with Gasteiger partial charge in [0.2, 0.25) is 0 Å². The van der Waals surface area contributed by atoms with Crippen LogP contribution in [0.4, 0.5) is 5.13 Å². The predicted molar refractivity (Wildman–Crippen MR) is 118 cm³/mol. The second-order valence-electron chi connectivity index (χ2n) is 5.94. The minimum Gasteiger partial charge on any atom is -0.488 e. The maximum atomic E-state index is 12.3. The number of nitrogen functional groups attached to an aromatic ring is 1. The minimum absolute atomic E-state index is 0.271. The second-order valence-corrected chi connectivity index (χ2v) is 7.82. The number of rotatable bonds is 7. The van der Waals surface area contributed by atoms with E-state index in [4.69, 9.17) is 33.7 Å². The van der Waals surface area contributed by atoms with E-state index in [2.05, 4.69) is 15.5 Å². The highest BCUT2D eigenvalue weighted by atomic mass is 35.5. The van der Waals surface area contributed by atoms with E-state index >= 15 is 0 Å². The number of hydrogen-bond acceptors (Lipinski definition) is 6. The van der Waals surface area contributed by atoms with Gasteiger partial charge in [-0.1, -0.05) is 59.7 Å². The number of aromatic nitrogens is 1. The molecule has 6 nitrogen and oxygen atoms in total. The van der Waals surface area contributed by atoms with Crippen molar-refractivity contribution < 1.29 is 9.53 Å². The molecule has 0 saturated heterocycles. The number of carbonyl (C=O) groups excluding carboxylic acids is 1. The zero-order valence-corrected chi connectivity index (χ0v) is 17.8. The first-order chi connectivity index (χ1) is 14.0. The van der Waals surface area contributed by atoms with Crippen LogP contribution >= 0.6 is 34.5 Å². The van der Waals surface area contributed by atoms with Crippen molar-refractivity contribution in [2.75, 3.05) is 5.73 Å². The molecule has 0 aliphatic heterocycles. The fraction of sp³-hybridized carbons (Fsp3) is 0.150. The Hall–Kier alpha value is -2.61. The number of ether oxygens (including phenoxy) is 1. The number of nitrogens with two attached hydrogens (primary N) is 1. The van der Waals surface area contributed by atoms with Crippen molar-refractivity contribution in [1.82, 2.24) is 10.4 Å². The summed E-state index contributed by atoms with van der Waals surface area (Å²) >= 11 is 13.2. The molecule has 3 rings (SSSR count). The Kier molecular flexibility index (Phi) is 7.09. The van der Waals surface area contributed by atoms with Crippen LogP contribution in [0.25, 0.3) is 0 Å². The third-order valence-electron chi connectivity index (χ3n) is 3.94. The number of halogens is 2. The largest absolute Gasteiger partial charge is 0.488 e. The molecular formula is C20H18Cl2N4O2S. The van der Waals surface area contributed by atoms with E-state index in [1.165, 1.54) is 6.21 Å². The lowest BCUT2D eigenvalue weighted by Gasteiger charge is -2.10. The Morgan fingerprint density at radius 1 is 1.31 bits per heavy atom.